The quantitative estimate of drug-likeness (QED) is 0.817. The molecule has 1 saturated carbocycles. The van der Waals surface area contributed by atoms with E-state index < -0.39 is 0 Å². The summed E-state index contributed by atoms with van der Waals surface area (Å²) in [5.74, 6) is 1.10. The Labute approximate surface area is 135 Å². The Hall–Kier alpha value is -0.650. The number of hydrogen-bond donors (Lipinski definition) is 1. The summed E-state index contributed by atoms with van der Waals surface area (Å²) in [6, 6.07) is 2.90. The van der Waals surface area contributed by atoms with Crippen LogP contribution >= 0.6 is 15.9 Å². The summed E-state index contributed by atoms with van der Waals surface area (Å²) in [5, 5.41) is 3.59. The van der Waals surface area contributed by atoms with Crippen LogP contribution in [-0.2, 0) is 11.3 Å². The lowest BCUT2D eigenvalue weighted by molar-refractivity contribution is 0.115. The van der Waals surface area contributed by atoms with E-state index in [-0.39, 0.29) is 0 Å². The topological polar surface area (TPSA) is 37.4 Å². The molecule has 2 fully saturated rings. The van der Waals surface area contributed by atoms with Gasteiger partial charge in [-0.3, -0.25) is 0 Å². The van der Waals surface area contributed by atoms with Crippen molar-refractivity contribution in [3.8, 4) is 0 Å². The van der Waals surface area contributed by atoms with Crippen LogP contribution in [-0.4, -0.2) is 36.8 Å². The molecule has 1 aliphatic carbocycles. The Morgan fingerprint density at radius 3 is 2.95 bits per heavy atom. The number of hydrogen-bond acceptors (Lipinski definition) is 4. The highest BCUT2D eigenvalue weighted by atomic mass is 79.9. The summed E-state index contributed by atoms with van der Waals surface area (Å²) in [4.78, 5) is 7.03. The standard InChI is InChI=1S/C16H24BrN3O/c1-2-20(11-15-4-3-7-21-15)16-12(8-13(17)10-19-16)9-18-14-5-6-14/h8,10,14-15,18H,2-7,9,11H2,1H3. The van der Waals surface area contributed by atoms with E-state index >= 15 is 0 Å². The minimum atomic E-state index is 0.361. The van der Waals surface area contributed by atoms with Gasteiger partial charge < -0.3 is 15.0 Å². The van der Waals surface area contributed by atoms with E-state index in [0.717, 1.165) is 36.5 Å². The maximum Gasteiger partial charge on any atom is 0.133 e. The molecule has 116 valence electrons. The molecular weight excluding hydrogens is 330 g/mol. The van der Waals surface area contributed by atoms with Gasteiger partial charge in [0.15, 0.2) is 0 Å². The fourth-order valence-electron chi connectivity index (χ4n) is 2.83. The van der Waals surface area contributed by atoms with Gasteiger partial charge in [0.1, 0.15) is 5.82 Å². The molecule has 1 aromatic rings. The lowest BCUT2D eigenvalue weighted by atomic mass is 10.2. The molecule has 0 amide bonds. The number of rotatable bonds is 7. The predicted octanol–water partition coefficient (Wildman–Crippen LogP) is 3.10. The third-order valence-corrected chi connectivity index (χ3v) is 4.63. The highest BCUT2D eigenvalue weighted by Crippen LogP contribution is 2.25. The zero-order valence-electron chi connectivity index (χ0n) is 12.6. The van der Waals surface area contributed by atoms with Crippen molar-refractivity contribution < 1.29 is 4.74 Å². The van der Waals surface area contributed by atoms with E-state index in [9.17, 15) is 0 Å². The highest BCUT2D eigenvalue weighted by molar-refractivity contribution is 9.10. The molecule has 0 aromatic carbocycles. The number of pyridine rings is 1. The summed E-state index contributed by atoms with van der Waals surface area (Å²) in [6.07, 6.45) is 7.23. The molecular formula is C16H24BrN3O. The molecule has 1 N–H and O–H groups in total. The molecule has 21 heavy (non-hydrogen) atoms. The van der Waals surface area contributed by atoms with Gasteiger partial charge in [0.05, 0.1) is 6.10 Å². The molecule has 3 rings (SSSR count). The Morgan fingerprint density at radius 2 is 2.29 bits per heavy atom. The number of nitrogens with zero attached hydrogens (tertiary/aromatic N) is 2. The minimum absolute atomic E-state index is 0.361. The van der Waals surface area contributed by atoms with Crippen LogP contribution < -0.4 is 10.2 Å². The van der Waals surface area contributed by atoms with E-state index in [1.54, 1.807) is 0 Å². The molecule has 0 bridgehead atoms. The molecule has 4 nitrogen and oxygen atoms in total. The number of nitrogens with one attached hydrogen (secondary N) is 1. The second-order valence-corrected chi connectivity index (χ2v) is 6.88. The highest BCUT2D eigenvalue weighted by Gasteiger charge is 2.23. The lowest BCUT2D eigenvalue weighted by Crippen LogP contribution is -2.34. The molecule has 2 heterocycles. The average molecular weight is 354 g/mol. The van der Waals surface area contributed by atoms with E-state index in [4.69, 9.17) is 4.74 Å². The smallest absolute Gasteiger partial charge is 0.133 e. The van der Waals surface area contributed by atoms with Gasteiger partial charge in [-0.15, -0.1) is 0 Å². The molecule has 1 unspecified atom stereocenters. The van der Waals surface area contributed by atoms with Crippen LogP contribution in [0.15, 0.2) is 16.7 Å². The van der Waals surface area contributed by atoms with Gasteiger partial charge in [-0.1, -0.05) is 0 Å². The Morgan fingerprint density at radius 1 is 1.43 bits per heavy atom. The number of anilines is 1. The van der Waals surface area contributed by atoms with Gasteiger partial charge in [-0.05, 0) is 54.6 Å². The molecule has 1 saturated heterocycles. The Balaban J connectivity index is 1.72. The second-order valence-electron chi connectivity index (χ2n) is 5.97. The maximum atomic E-state index is 5.78. The average Bonchev–Trinajstić information content (AvgIpc) is 3.18. The molecule has 2 aliphatic rings. The summed E-state index contributed by atoms with van der Waals surface area (Å²) in [5.41, 5.74) is 1.27. The largest absolute Gasteiger partial charge is 0.376 e. The van der Waals surface area contributed by atoms with E-state index in [1.807, 2.05) is 6.20 Å². The second kappa shape index (κ2) is 7.07. The zero-order valence-corrected chi connectivity index (χ0v) is 14.2. The fourth-order valence-corrected chi connectivity index (χ4v) is 3.21. The molecule has 0 radical (unpaired) electrons. The number of ether oxygens (including phenoxy) is 1. The van der Waals surface area contributed by atoms with Gasteiger partial charge in [0.25, 0.3) is 0 Å². The molecule has 1 atom stereocenters. The van der Waals surface area contributed by atoms with Crippen LogP contribution in [0, 0.1) is 0 Å². The molecule has 1 aliphatic heterocycles. The number of aromatic nitrogens is 1. The summed E-state index contributed by atoms with van der Waals surface area (Å²) in [7, 11) is 0. The van der Waals surface area contributed by atoms with E-state index in [2.05, 4.69) is 44.1 Å². The first-order valence-corrected chi connectivity index (χ1v) is 8.80. The number of likely N-dealkylation sites (N-methyl/N-ethyl adjacent to an activating group) is 1. The van der Waals surface area contributed by atoms with Crippen molar-refractivity contribution >= 4 is 21.7 Å². The molecule has 0 spiro atoms. The van der Waals surface area contributed by atoms with Gasteiger partial charge in [-0.2, -0.15) is 0 Å². The first-order valence-electron chi connectivity index (χ1n) is 8.00. The van der Waals surface area contributed by atoms with Crippen molar-refractivity contribution in [1.29, 1.82) is 0 Å². The van der Waals surface area contributed by atoms with Crippen LogP contribution in [0.4, 0.5) is 5.82 Å². The van der Waals surface area contributed by atoms with Crippen molar-refractivity contribution in [2.24, 2.45) is 0 Å². The first kappa shape index (κ1) is 15.3. The van der Waals surface area contributed by atoms with Gasteiger partial charge >= 0.3 is 0 Å². The third kappa shape index (κ3) is 4.18. The zero-order chi connectivity index (χ0) is 14.7. The van der Waals surface area contributed by atoms with Crippen molar-refractivity contribution in [2.75, 3.05) is 24.6 Å². The van der Waals surface area contributed by atoms with Gasteiger partial charge in [0.2, 0.25) is 0 Å². The first-order chi connectivity index (χ1) is 10.3. The third-order valence-electron chi connectivity index (χ3n) is 4.20. The van der Waals surface area contributed by atoms with Crippen molar-refractivity contribution in [2.45, 2.75) is 51.3 Å². The van der Waals surface area contributed by atoms with Crippen molar-refractivity contribution in [3.63, 3.8) is 0 Å². The summed E-state index contributed by atoms with van der Waals surface area (Å²) >= 11 is 3.54. The van der Waals surface area contributed by atoms with Crippen LogP contribution in [0.1, 0.15) is 38.2 Å². The van der Waals surface area contributed by atoms with Crippen LogP contribution in [0.25, 0.3) is 0 Å². The Kier molecular flexibility index (Phi) is 5.14. The number of halogens is 1. The van der Waals surface area contributed by atoms with Crippen LogP contribution in [0.5, 0.6) is 0 Å². The molecule has 1 aromatic heterocycles. The van der Waals surface area contributed by atoms with E-state index in [0.29, 0.717) is 12.1 Å². The SMILES string of the molecule is CCN(CC1CCCO1)c1ncc(Br)cc1CNC1CC1. The van der Waals surface area contributed by atoms with Crippen LogP contribution in [0.2, 0.25) is 0 Å². The van der Waals surface area contributed by atoms with E-state index in [1.165, 1.54) is 31.2 Å². The lowest BCUT2D eigenvalue weighted by Gasteiger charge is -2.27. The minimum Gasteiger partial charge on any atom is -0.376 e. The van der Waals surface area contributed by atoms with Crippen LogP contribution in [0.3, 0.4) is 0 Å². The molecule has 5 heteroatoms. The predicted molar refractivity (Wildman–Crippen MR) is 88.7 cm³/mol. The monoisotopic (exact) mass is 353 g/mol. The Bertz CT molecular complexity index is 473. The summed E-state index contributed by atoms with van der Waals surface area (Å²) < 4.78 is 6.83. The van der Waals surface area contributed by atoms with Gasteiger partial charge in [-0.25, -0.2) is 4.98 Å². The van der Waals surface area contributed by atoms with Crippen molar-refractivity contribution in [3.05, 3.63) is 22.3 Å². The van der Waals surface area contributed by atoms with Gasteiger partial charge in [0, 0.05) is 48.5 Å². The normalized spacial score (nSPS) is 21.7. The maximum absolute atomic E-state index is 5.78. The fraction of sp³-hybridized carbons (Fsp3) is 0.688. The summed E-state index contributed by atoms with van der Waals surface area (Å²) in [6.45, 7) is 5.91. The van der Waals surface area contributed by atoms with Crippen molar-refractivity contribution in [1.82, 2.24) is 10.3 Å².